The Labute approximate surface area is 140 Å². The minimum atomic E-state index is 0.639. The average molecular weight is 305 g/mol. The van der Waals surface area contributed by atoms with Crippen LogP contribution in [-0.2, 0) is 0 Å². The molecule has 0 aliphatic heterocycles. The smallest absolute Gasteiger partial charge is 0.0320 e. The molecule has 2 aliphatic rings. The Kier molecular flexibility index (Phi) is 7.03. The van der Waals surface area contributed by atoms with Crippen molar-refractivity contribution in [1.82, 2.24) is 0 Å². The summed E-state index contributed by atoms with van der Waals surface area (Å²) < 4.78 is 0. The Morgan fingerprint density at radius 2 is 1.77 bits per heavy atom. The third-order valence-corrected chi connectivity index (χ3v) is 6.40. The summed E-state index contributed by atoms with van der Waals surface area (Å²) in [5.74, 6) is 4.19. The molecule has 0 spiro atoms. The van der Waals surface area contributed by atoms with Crippen molar-refractivity contribution in [2.75, 3.05) is 0 Å². The molecule has 0 radical (unpaired) electrons. The maximum atomic E-state index is 2.53. The molecular weight excluding hydrogens is 264 g/mol. The van der Waals surface area contributed by atoms with Crippen LogP contribution in [-0.4, -0.2) is 0 Å². The van der Waals surface area contributed by atoms with Gasteiger partial charge in [-0.25, -0.2) is 0 Å². The maximum Gasteiger partial charge on any atom is -0.0320 e. The highest BCUT2D eigenvalue weighted by Gasteiger charge is 2.56. The van der Waals surface area contributed by atoms with Crippen molar-refractivity contribution >= 4 is 0 Å². The van der Waals surface area contributed by atoms with E-state index in [1.165, 1.54) is 64.2 Å². The van der Waals surface area contributed by atoms with E-state index in [-0.39, 0.29) is 0 Å². The molecule has 2 saturated carbocycles. The number of fused-ring (bicyclic) bond motifs is 1. The number of rotatable bonds is 11. The summed E-state index contributed by atoms with van der Waals surface area (Å²) in [6, 6.07) is 0. The summed E-state index contributed by atoms with van der Waals surface area (Å²) >= 11 is 0. The van der Waals surface area contributed by atoms with Gasteiger partial charge in [0.25, 0.3) is 0 Å². The van der Waals surface area contributed by atoms with Crippen LogP contribution in [0.15, 0.2) is 12.2 Å². The quantitative estimate of drug-likeness (QED) is 0.276. The first-order valence-corrected chi connectivity index (χ1v) is 10.2. The van der Waals surface area contributed by atoms with Gasteiger partial charge >= 0.3 is 0 Å². The summed E-state index contributed by atoms with van der Waals surface area (Å²) in [4.78, 5) is 0. The van der Waals surface area contributed by atoms with Gasteiger partial charge in [-0.3, -0.25) is 0 Å². The molecule has 0 aromatic carbocycles. The van der Waals surface area contributed by atoms with Crippen LogP contribution in [0.3, 0.4) is 0 Å². The van der Waals surface area contributed by atoms with Crippen molar-refractivity contribution in [2.45, 2.75) is 98.3 Å². The van der Waals surface area contributed by atoms with Gasteiger partial charge in [-0.15, -0.1) is 0 Å². The topological polar surface area (TPSA) is 0 Å². The summed E-state index contributed by atoms with van der Waals surface area (Å²) in [6.45, 7) is 9.84. The van der Waals surface area contributed by atoms with Crippen LogP contribution < -0.4 is 0 Å². The third kappa shape index (κ3) is 5.43. The molecule has 2 fully saturated rings. The maximum absolute atomic E-state index is 2.53. The molecule has 2 aliphatic carbocycles. The zero-order chi connectivity index (χ0) is 16.0. The molecule has 4 unspecified atom stereocenters. The van der Waals surface area contributed by atoms with Gasteiger partial charge in [0.2, 0.25) is 0 Å². The number of allylic oxidation sites excluding steroid dienone is 2. The minimum Gasteiger partial charge on any atom is -0.0885 e. The van der Waals surface area contributed by atoms with E-state index in [0.717, 1.165) is 23.7 Å². The number of hydrogen-bond donors (Lipinski definition) is 0. The van der Waals surface area contributed by atoms with Crippen LogP contribution in [0.2, 0.25) is 0 Å². The van der Waals surface area contributed by atoms with Crippen LogP contribution in [0.4, 0.5) is 0 Å². The highest BCUT2D eigenvalue weighted by atomic mass is 14.6. The van der Waals surface area contributed by atoms with Crippen LogP contribution in [0.5, 0.6) is 0 Å². The second kappa shape index (κ2) is 8.55. The largest absolute Gasteiger partial charge is 0.0885 e. The average Bonchev–Trinajstić information content (AvgIpc) is 3.15. The van der Waals surface area contributed by atoms with E-state index in [1.54, 1.807) is 6.42 Å². The van der Waals surface area contributed by atoms with Gasteiger partial charge in [-0.1, -0.05) is 65.5 Å². The Morgan fingerprint density at radius 1 is 1.05 bits per heavy atom. The first-order chi connectivity index (χ1) is 10.5. The van der Waals surface area contributed by atoms with E-state index in [2.05, 4.69) is 39.8 Å². The number of hydrogen-bond acceptors (Lipinski definition) is 0. The lowest BCUT2D eigenvalue weighted by Gasteiger charge is -2.32. The number of unbranched alkanes of at least 4 members (excludes halogenated alkanes) is 5. The van der Waals surface area contributed by atoms with Gasteiger partial charge in [-0.2, -0.15) is 0 Å². The van der Waals surface area contributed by atoms with Crippen molar-refractivity contribution in [3.8, 4) is 0 Å². The van der Waals surface area contributed by atoms with Crippen LogP contribution in [0, 0.1) is 29.1 Å². The lowest BCUT2D eigenvalue weighted by atomic mass is 9.73. The second-order valence-electron chi connectivity index (χ2n) is 9.05. The molecular formula is C22H40. The Hall–Kier alpha value is -0.260. The van der Waals surface area contributed by atoms with Crippen molar-refractivity contribution in [1.29, 1.82) is 0 Å². The Balaban J connectivity index is 1.51. The molecule has 2 rings (SSSR count). The van der Waals surface area contributed by atoms with E-state index in [1.807, 2.05) is 0 Å². The zero-order valence-electron chi connectivity index (χ0n) is 15.7. The monoisotopic (exact) mass is 304 g/mol. The summed E-state index contributed by atoms with van der Waals surface area (Å²) in [7, 11) is 0. The van der Waals surface area contributed by atoms with E-state index < -0.39 is 0 Å². The van der Waals surface area contributed by atoms with Crippen LogP contribution in [0.25, 0.3) is 0 Å². The fraction of sp³-hybridized carbons (Fsp3) is 0.909. The van der Waals surface area contributed by atoms with E-state index >= 15 is 0 Å². The van der Waals surface area contributed by atoms with Gasteiger partial charge in [0.05, 0.1) is 0 Å². The molecule has 0 amide bonds. The first-order valence-electron chi connectivity index (χ1n) is 10.2. The summed E-state index contributed by atoms with van der Waals surface area (Å²) in [6.07, 6.45) is 20.4. The molecule has 0 heteroatoms. The van der Waals surface area contributed by atoms with Crippen molar-refractivity contribution < 1.29 is 0 Å². The molecule has 0 heterocycles. The van der Waals surface area contributed by atoms with Crippen LogP contribution >= 0.6 is 0 Å². The summed E-state index contributed by atoms with van der Waals surface area (Å²) in [5.41, 5.74) is 0.639. The van der Waals surface area contributed by atoms with E-state index in [9.17, 15) is 0 Å². The Morgan fingerprint density at radius 3 is 2.41 bits per heavy atom. The van der Waals surface area contributed by atoms with Gasteiger partial charge in [0, 0.05) is 0 Å². The summed E-state index contributed by atoms with van der Waals surface area (Å²) in [5, 5.41) is 0. The molecule has 0 N–H and O–H groups in total. The molecule has 128 valence electrons. The zero-order valence-corrected chi connectivity index (χ0v) is 15.7. The van der Waals surface area contributed by atoms with Gasteiger partial charge in [0.15, 0.2) is 0 Å². The normalized spacial score (nSPS) is 30.6. The van der Waals surface area contributed by atoms with Crippen LogP contribution in [0.1, 0.15) is 98.3 Å². The van der Waals surface area contributed by atoms with Gasteiger partial charge in [-0.05, 0) is 74.0 Å². The molecule has 0 aromatic heterocycles. The first kappa shape index (κ1) is 18.1. The Bertz CT molecular complexity index is 338. The van der Waals surface area contributed by atoms with E-state index in [4.69, 9.17) is 0 Å². The molecule has 22 heavy (non-hydrogen) atoms. The molecule has 0 saturated heterocycles. The SMILES string of the molecule is CCCCCCC=CCCCC(C)CC1C2CC2CC1(C)C. The van der Waals surface area contributed by atoms with Crippen molar-refractivity contribution in [2.24, 2.45) is 29.1 Å². The third-order valence-electron chi connectivity index (χ3n) is 6.40. The molecule has 0 aromatic rings. The highest BCUT2D eigenvalue weighted by molar-refractivity contribution is 5.05. The van der Waals surface area contributed by atoms with Crippen molar-refractivity contribution in [3.05, 3.63) is 12.2 Å². The predicted molar refractivity (Wildman–Crippen MR) is 99.0 cm³/mol. The standard InChI is InChI=1S/C22H40/c1-5-6-7-8-9-10-11-12-13-14-18(2)15-21-20-16-19(20)17-22(21,3)4/h10-11,18-21H,5-9,12-17H2,1-4H3. The lowest BCUT2D eigenvalue weighted by Crippen LogP contribution is -2.23. The fourth-order valence-electron chi connectivity index (χ4n) is 4.96. The van der Waals surface area contributed by atoms with Crippen molar-refractivity contribution in [3.63, 3.8) is 0 Å². The minimum absolute atomic E-state index is 0.639. The molecule has 0 nitrogen and oxygen atoms in total. The highest BCUT2D eigenvalue weighted by Crippen LogP contribution is 2.64. The van der Waals surface area contributed by atoms with Gasteiger partial charge < -0.3 is 0 Å². The predicted octanol–water partition coefficient (Wildman–Crippen LogP) is 7.39. The van der Waals surface area contributed by atoms with Gasteiger partial charge in [0.1, 0.15) is 0 Å². The second-order valence-corrected chi connectivity index (χ2v) is 9.05. The molecule has 4 atom stereocenters. The lowest BCUT2D eigenvalue weighted by molar-refractivity contribution is 0.179. The van der Waals surface area contributed by atoms with E-state index in [0.29, 0.717) is 5.41 Å². The molecule has 0 bridgehead atoms. The fourth-order valence-corrected chi connectivity index (χ4v) is 4.96.